The third-order valence-corrected chi connectivity index (χ3v) is 5.29. The van der Waals surface area contributed by atoms with Crippen molar-refractivity contribution in [3.05, 3.63) is 74.9 Å². The van der Waals surface area contributed by atoms with Crippen molar-refractivity contribution in [1.82, 2.24) is 5.32 Å². The highest BCUT2D eigenvalue weighted by Gasteiger charge is 2.20. The number of esters is 1. The van der Waals surface area contributed by atoms with Crippen LogP contribution in [0, 0.1) is 15.9 Å². The van der Waals surface area contributed by atoms with Gasteiger partial charge in [-0.05, 0) is 43.2 Å². The topological polar surface area (TPSA) is 98.5 Å². The van der Waals surface area contributed by atoms with Gasteiger partial charge in [-0.25, -0.2) is 9.18 Å². The number of carbonyl (C=O) groups excluding carboxylic acids is 2. The average molecular weight is 416 g/mol. The van der Waals surface area contributed by atoms with Crippen molar-refractivity contribution in [2.45, 2.75) is 19.4 Å². The number of hydrogen-bond donors (Lipinski definition) is 1. The molecular formula is C20H17FN2O5S. The van der Waals surface area contributed by atoms with E-state index in [2.05, 4.69) is 5.32 Å². The van der Waals surface area contributed by atoms with Gasteiger partial charge in [0.1, 0.15) is 10.7 Å². The van der Waals surface area contributed by atoms with E-state index in [9.17, 15) is 24.1 Å². The number of nitrogens with one attached hydrogen (secondary N) is 1. The number of amides is 1. The Morgan fingerprint density at radius 1 is 1.21 bits per heavy atom. The van der Waals surface area contributed by atoms with Crippen molar-refractivity contribution >= 4 is 39.0 Å². The number of nitrogens with zero attached hydrogens (tertiary/aromatic N) is 1. The van der Waals surface area contributed by atoms with Gasteiger partial charge in [0.2, 0.25) is 0 Å². The summed E-state index contributed by atoms with van der Waals surface area (Å²) in [6.45, 7) is 1.78. The molecule has 7 nitrogen and oxygen atoms in total. The van der Waals surface area contributed by atoms with Crippen LogP contribution in [0.25, 0.3) is 10.1 Å². The number of nitro benzene ring substituents is 1. The molecule has 150 valence electrons. The van der Waals surface area contributed by atoms with E-state index in [0.717, 1.165) is 16.9 Å². The molecule has 1 atom stereocenters. The Labute approximate surface area is 169 Å². The van der Waals surface area contributed by atoms with Gasteiger partial charge in [0, 0.05) is 28.8 Å². The van der Waals surface area contributed by atoms with Crippen molar-refractivity contribution in [1.29, 1.82) is 0 Å². The van der Waals surface area contributed by atoms with Crippen molar-refractivity contribution in [2.75, 3.05) is 6.54 Å². The van der Waals surface area contributed by atoms with Crippen LogP contribution in [0.5, 0.6) is 0 Å². The first-order chi connectivity index (χ1) is 13.8. The van der Waals surface area contributed by atoms with Gasteiger partial charge in [-0.3, -0.25) is 14.9 Å². The lowest BCUT2D eigenvalue weighted by Crippen LogP contribution is -2.36. The van der Waals surface area contributed by atoms with Gasteiger partial charge in [0.05, 0.1) is 4.92 Å². The van der Waals surface area contributed by atoms with Gasteiger partial charge >= 0.3 is 5.97 Å². The third kappa shape index (κ3) is 5.14. The summed E-state index contributed by atoms with van der Waals surface area (Å²) in [7, 11) is 0. The Kier molecular flexibility index (Phi) is 6.18. The minimum Gasteiger partial charge on any atom is -0.448 e. The molecule has 3 aromatic rings. The number of ether oxygens (including phenoxy) is 1. The number of nitro groups is 1. The van der Waals surface area contributed by atoms with Crippen molar-refractivity contribution in [3.63, 3.8) is 0 Å². The zero-order valence-electron chi connectivity index (χ0n) is 15.4. The standard InChI is InChI=1S/C20H17FN2O5S/c1-12(19(24)22-9-8-13-2-4-15(21)5-3-13)28-20(25)18-11-14-10-16(23(26)27)6-7-17(14)29-18/h2-7,10-12H,8-9H2,1H3,(H,22,24)/t12-/m0/s1. The van der Waals surface area contributed by atoms with Crippen LogP contribution in [0.15, 0.2) is 48.5 Å². The van der Waals surface area contributed by atoms with Crippen LogP contribution in [-0.2, 0) is 16.0 Å². The monoisotopic (exact) mass is 416 g/mol. The lowest BCUT2D eigenvalue weighted by molar-refractivity contribution is -0.384. The molecule has 1 aromatic heterocycles. The fourth-order valence-corrected chi connectivity index (χ4v) is 3.57. The molecule has 0 bridgehead atoms. The molecule has 29 heavy (non-hydrogen) atoms. The van der Waals surface area contributed by atoms with Crippen LogP contribution >= 0.6 is 11.3 Å². The van der Waals surface area contributed by atoms with Crippen LogP contribution in [0.4, 0.5) is 10.1 Å². The summed E-state index contributed by atoms with van der Waals surface area (Å²) in [4.78, 5) is 35.0. The quantitative estimate of drug-likeness (QED) is 0.358. The Morgan fingerprint density at radius 3 is 2.62 bits per heavy atom. The predicted molar refractivity (Wildman–Crippen MR) is 106 cm³/mol. The van der Waals surface area contributed by atoms with E-state index >= 15 is 0 Å². The van der Waals surface area contributed by atoms with E-state index < -0.39 is 22.9 Å². The third-order valence-electron chi connectivity index (χ3n) is 4.19. The average Bonchev–Trinajstić information content (AvgIpc) is 3.12. The first-order valence-corrected chi connectivity index (χ1v) is 9.56. The molecule has 0 radical (unpaired) electrons. The Balaban J connectivity index is 1.55. The summed E-state index contributed by atoms with van der Waals surface area (Å²) < 4.78 is 18.8. The summed E-state index contributed by atoms with van der Waals surface area (Å²) in [5.41, 5.74) is 0.805. The van der Waals surface area contributed by atoms with Crippen LogP contribution in [0.3, 0.4) is 0 Å². The number of carbonyl (C=O) groups is 2. The second kappa shape index (κ2) is 8.78. The minimum absolute atomic E-state index is 0.0656. The van der Waals surface area contributed by atoms with Crippen LogP contribution in [-0.4, -0.2) is 29.4 Å². The molecule has 0 unspecified atom stereocenters. The summed E-state index contributed by atoms with van der Waals surface area (Å²) in [5.74, 6) is -1.44. The predicted octanol–water partition coefficient (Wildman–Crippen LogP) is 3.85. The minimum atomic E-state index is -1.00. The lowest BCUT2D eigenvalue weighted by Gasteiger charge is -2.13. The van der Waals surface area contributed by atoms with Gasteiger partial charge < -0.3 is 10.1 Å². The highest BCUT2D eigenvalue weighted by atomic mass is 32.1. The van der Waals surface area contributed by atoms with E-state index in [4.69, 9.17) is 4.74 Å². The molecule has 0 aliphatic rings. The fourth-order valence-electron chi connectivity index (χ4n) is 2.64. The van der Waals surface area contributed by atoms with Gasteiger partial charge in [-0.15, -0.1) is 11.3 Å². The Hall–Kier alpha value is -3.33. The van der Waals surface area contributed by atoms with Crippen LogP contribution < -0.4 is 5.32 Å². The largest absolute Gasteiger partial charge is 0.448 e. The molecule has 0 aliphatic carbocycles. The van der Waals surface area contributed by atoms with Crippen molar-refractivity contribution in [2.24, 2.45) is 0 Å². The maximum atomic E-state index is 12.9. The number of halogens is 1. The smallest absolute Gasteiger partial charge is 0.349 e. The Bertz CT molecular complexity index is 1060. The molecule has 2 aromatic carbocycles. The molecular weight excluding hydrogens is 399 g/mol. The summed E-state index contributed by atoms with van der Waals surface area (Å²) in [6, 6.07) is 11.8. The highest BCUT2D eigenvalue weighted by molar-refractivity contribution is 7.20. The normalized spacial score (nSPS) is 11.8. The van der Waals surface area contributed by atoms with E-state index in [0.29, 0.717) is 23.1 Å². The van der Waals surface area contributed by atoms with Crippen molar-refractivity contribution < 1.29 is 23.6 Å². The maximum absolute atomic E-state index is 12.9. The second-order valence-corrected chi connectivity index (χ2v) is 7.39. The zero-order valence-corrected chi connectivity index (χ0v) is 16.2. The SMILES string of the molecule is C[C@H](OC(=O)c1cc2cc([N+](=O)[O-])ccc2s1)C(=O)NCCc1ccc(F)cc1. The number of benzene rings is 2. The zero-order chi connectivity index (χ0) is 21.0. The maximum Gasteiger partial charge on any atom is 0.349 e. The first kappa shape index (κ1) is 20.4. The second-order valence-electron chi connectivity index (χ2n) is 6.30. The molecule has 0 saturated heterocycles. The number of thiophene rings is 1. The first-order valence-electron chi connectivity index (χ1n) is 8.74. The van der Waals surface area contributed by atoms with Crippen LogP contribution in [0.2, 0.25) is 0 Å². The molecule has 0 fully saturated rings. The van der Waals surface area contributed by atoms with E-state index in [1.165, 1.54) is 37.3 Å². The van der Waals surface area contributed by atoms with E-state index in [1.807, 2.05) is 0 Å². The molecule has 3 rings (SSSR count). The number of hydrogen-bond acceptors (Lipinski definition) is 6. The fraction of sp³-hybridized carbons (Fsp3) is 0.200. The van der Waals surface area contributed by atoms with Gasteiger partial charge in [-0.1, -0.05) is 12.1 Å². The molecule has 0 spiro atoms. The highest BCUT2D eigenvalue weighted by Crippen LogP contribution is 2.29. The van der Waals surface area contributed by atoms with Gasteiger partial charge in [0.25, 0.3) is 11.6 Å². The summed E-state index contributed by atoms with van der Waals surface area (Å²) in [5, 5.41) is 14.1. The summed E-state index contributed by atoms with van der Waals surface area (Å²) >= 11 is 1.14. The summed E-state index contributed by atoms with van der Waals surface area (Å²) in [6.07, 6.45) is -0.489. The van der Waals surface area contributed by atoms with Crippen LogP contribution in [0.1, 0.15) is 22.2 Å². The molecule has 1 heterocycles. The van der Waals surface area contributed by atoms with Gasteiger partial charge in [-0.2, -0.15) is 0 Å². The molecule has 0 saturated carbocycles. The molecule has 9 heteroatoms. The van der Waals surface area contributed by atoms with E-state index in [-0.39, 0.29) is 16.4 Å². The van der Waals surface area contributed by atoms with Gasteiger partial charge in [0.15, 0.2) is 6.10 Å². The molecule has 1 N–H and O–H groups in total. The number of non-ortho nitro benzene ring substituents is 1. The molecule has 1 amide bonds. The Morgan fingerprint density at radius 2 is 1.93 bits per heavy atom. The number of fused-ring (bicyclic) bond motifs is 1. The van der Waals surface area contributed by atoms with E-state index in [1.54, 1.807) is 18.2 Å². The lowest BCUT2D eigenvalue weighted by atomic mass is 10.1. The van der Waals surface area contributed by atoms with Crippen molar-refractivity contribution in [3.8, 4) is 0 Å². The molecule has 0 aliphatic heterocycles. The number of rotatable bonds is 7.